The van der Waals surface area contributed by atoms with Crippen LogP contribution < -0.4 is 78.3 Å². The van der Waals surface area contributed by atoms with Crippen molar-refractivity contribution in [2.24, 2.45) is 35.1 Å². The third-order valence-electron chi connectivity index (χ3n) is 20.6. The fraction of sp³-hybridized carbons (Fsp3) is 0.500. The average molecular weight is 1830 g/mol. The topological polar surface area (TPSA) is 486 Å². The van der Waals surface area contributed by atoms with E-state index in [1.807, 2.05) is 18.2 Å². The minimum atomic E-state index is -4.87. The van der Waals surface area contributed by atoms with Gasteiger partial charge in [0.25, 0.3) is 12.3 Å². The van der Waals surface area contributed by atoms with Crippen LogP contribution in [0.2, 0.25) is 0 Å². The molecule has 0 amide bonds. The lowest BCUT2D eigenvalue weighted by atomic mass is 9.86. The molecule has 8 aromatic rings. The van der Waals surface area contributed by atoms with E-state index in [0.29, 0.717) is 63.7 Å². The number of alkyl halides is 14. The normalized spacial score (nSPS) is 18.8. The Morgan fingerprint density at radius 3 is 1.06 bits per heavy atom. The summed E-state index contributed by atoms with van der Waals surface area (Å²) in [5, 5.41) is 70.9. The zero-order chi connectivity index (χ0) is 92.6. The van der Waals surface area contributed by atoms with Crippen molar-refractivity contribution >= 4 is 64.0 Å². The van der Waals surface area contributed by atoms with Gasteiger partial charge in [-0.1, -0.05) is 60.7 Å². The zero-order valence-corrected chi connectivity index (χ0v) is 68.3. The van der Waals surface area contributed by atoms with Gasteiger partial charge in [0.15, 0.2) is 0 Å². The van der Waals surface area contributed by atoms with Crippen molar-refractivity contribution in [1.29, 1.82) is 0 Å². The minimum Gasteiger partial charge on any atom is -0.472 e. The highest BCUT2D eigenvalue weighted by atomic mass is 19.4. The Morgan fingerprint density at radius 2 is 0.719 bits per heavy atom. The number of nitrogens with zero attached hydrogens (tertiary/aromatic N) is 13. The molecule has 0 saturated heterocycles. The molecule has 4 aliphatic rings. The maximum absolute atomic E-state index is 12.6. The number of nitro groups is 4. The Hall–Kier alpha value is -12.6. The zero-order valence-electron chi connectivity index (χ0n) is 68.3. The molecule has 50 heteroatoms. The van der Waals surface area contributed by atoms with E-state index < -0.39 is 63.7 Å². The molecule has 0 atom stereocenters. The predicted octanol–water partition coefficient (Wildman–Crippen LogP) is 15.9. The van der Waals surface area contributed by atoms with Gasteiger partial charge in [-0.2, -0.15) is 33.1 Å². The summed E-state index contributed by atoms with van der Waals surface area (Å²) in [4.78, 5) is 79.2. The number of para-hydroxylation sites is 3. The van der Waals surface area contributed by atoms with Gasteiger partial charge in [-0.05, 0) is 157 Å². The number of aromatic nitrogens is 9. The second-order valence-corrected chi connectivity index (χ2v) is 30.1. The van der Waals surface area contributed by atoms with Crippen LogP contribution in [0.5, 0.6) is 23.1 Å². The molecule has 12 rings (SSSR count). The van der Waals surface area contributed by atoms with Gasteiger partial charge in [0, 0.05) is 86.3 Å². The number of pyridine rings is 1. The van der Waals surface area contributed by atoms with Crippen LogP contribution in [0.15, 0.2) is 122 Å². The smallest absolute Gasteiger partial charge is 0.472 e. The summed E-state index contributed by atoms with van der Waals surface area (Å²) in [5.74, 6) is -0.0385. The van der Waals surface area contributed by atoms with Crippen molar-refractivity contribution in [2.75, 3.05) is 76.5 Å². The maximum Gasteiger partial charge on any atom is 0.573 e. The van der Waals surface area contributed by atoms with Crippen LogP contribution in [0.3, 0.4) is 0 Å². The highest BCUT2D eigenvalue weighted by Crippen LogP contribution is 2.36. The van der Waals surface area contributed by atoms with Crippen molar-refractivity contribution in [3.05, 3.63) is 185 Å². The van der Waals surface area contributed by atoms with Gasteiger partial charge in [-0.15, -0.1) is 39.5 Å². The van der Waals surface area contributed by atoms with Crippen LogP contribution in [0.1, 0.15) is 125 Å². The molecule has 3 aromatic carbocycles. The third kappa shape index (κ3) is 35.0. The number of nitrogens with two attached hydrogens (primary N) is 2. The van der Waals surface area contributed by atoms with Crippen molar-refractivity contribution in [2.45, 2.75) is 185 Å². The summed E-state index contributed by atoms with van der Waals surface area (Å²) in [6.07, 6.45) is -2.51. The molecule has 4 aliphatic carbocycles. The third-order valence-corrected chi connectivity index (χ3v) is 20.6. The molecule has 5 heterocycles. The summed E-state index contributed by atoms with van der Waals surface area (Å²) in [6, 6.07) is 22.5. The second kappa shape index (κ2) is 47.8. The fourth-order valence-corrected chi connectivity index (χ4v) is 14.0. The molecule has 13 N–H and O–H groups in total. The molecule has 4 saturated carbocycles. The number of hydrogen-bond acceptors (Lipinski definition) is 32. The molecule has 0 spiro atoms. The molecule has 128 heavy (non-hydrogen) atoms. The van der Waals surface area contributed by atoms with E-state index in [-0.39, 0.29) is 167 Å². The molecular weight excluding hydrogens is 1730 g/mol. The van der Waals surface area contributed by atoms with Gasteiger partial charge in [0.05, 0.1) is 51.6 Å². The SMILES string of the molecule is NC1CCC(CNc2nc(NCc3ccccn3)ncc2[N+](=O)[O-])CC1.NC1CCC(COc2nc(NCc3ccccc3OC(F)(F)F)ncc2[N+](=O)[O-])CC1.O=[N+]([O-])c1cnc(NCc2ccccc2OC(F)(F)F)nc1NCC1CCC(NCC(F)(F)F)CC1.O=[N+]([O-])c1cnc(NCc2ccccc2OC(F)(F)F)nc1NCC1CCC(NCC(F)F)CC1. The summed E-state index contributed by atoms with van der Waals surface area (Å²) in [7, 11) is 0. The average Bonchev–Trinajstić information content (AvgIpc) is 0.845. The Balaban J connectivity index is 0.000000194. The van der Waals surface area contributed by atoms with E-state index in [1.165, 1.54) is 60.8 Å². The van der Waals surface area contributed by atoms with Crippen LogP contribution in [0.25, 0.3) is 0 Å². The van der Waals surface area contributed by atoms with Crippen molar-refractivity contribution in [3.63, 3.8) is 0 Å². The van der Waals surface area contributed by atoms with Crippen LogP contribution >= 0.6 is 0 Å². The summed E-state index contributed by atoms with van der Waals surface area (Å²) in [5.41, 5.74) is 12.0. The highest BCUT2D eigenvalue weighted by Gasteiger charge is 2.37. The predicted molar refractivity (Wildman–Crippen MR) is 438 cm³/mol. The largest absolute Gasteiger partial charge is 0.573 e. The van der Waals surface area contributed by atoms with Crippen LogP contribution in [0, 0.1) is 64.1 Å². The first kappa shape index (κ1) is 99.2. The molecule has 4 fully saturated rings. The van der Waals surface area contributed by atoms with Gasteiger partial charge in [0.1, 0.15) is 42.0 Å². The number of rotatable bonds is 36. The summed E-state index contributed by atoms with van der Waals surface area (Å²) >= 11 is 0. The fourth-order valence-electron chi connectivity index (χ4n) is 14.0. The number of halogens is 14. The number of anilines is 7. The molecule has 5 aromatic heterocycles. The lowest BCUT2D eigenvalue weighted by molar-refractivity contribution is -0.386. The molecular formula is C78H94F14N24O12. The van der Waals surface area contributed by atoms with E-state index in [0.717, 1.165) is 107 Å². The number of ether oxygens (including phenoxy) is 4. The van der Waals surface area contributed by atoms with Crippen molar-refractivity contribution < 1.29 is 100 Å². The first-order valence-corrected chi connectivity index (χ1v) is 40.4. The Bertz CT molecular complexity index is 4840. The molecule has 0 radical (unpaired) electrons. The van der Waals surface area contributed by atoms with Crippen LogP contribution in [0.4, 0.5) is 125 Å². The Morgan fingerprint density at radius 1 is 0.391 bits per heavy atom. The highest BCUT2D eigenvalue weighted by molar-refractivity contribution is 5.59. The van der Waals surface area contributed by atoms with Gasteiger partial charge in [0.2, 0.25) is 41.2 Å². The molecule has 0 unspecified atom stereocenters. The van der Waals surface area contributed by atoms with Gasteiger partial charge in [-0.25, -0.2) is 28.7 Å². The number of hydrogen-bond donors (Lipinski definition) is 11. The molecule has 696 valence electrons. The van der Waals surface area contributed by atoms with E-state index in [9.17, 15) is 102 Å². The lowest BCUT2D eigenvalue weighted by Crippen LogP contribution is -2.39. The van der Waals surface area contributed by atoms with E-state index >= 15 is 0 Å². The number of benzene rings is 3. The molecule has 0 aliphatic heterocycles. The quantitative estimate of drug-likeness (QED) is 0.00987. The van der Waals surface area contributed by atoms with Gasteiger partial charge < -0.3 is 78.3 Å². The minimum absolute atomic E-state index is 0.0141. The molecule has 0 bridgehead atoms. The molecule has 36 nitrogen and oxygen atoms in total. The van der Waals surface area contributed by atoms with E-state index in [1.54, 1.807) is 18.3 Å². The number of nitrogens with one attached hydrogen (secondary N) is 9. The first-order chi connectivity index (χ1) is 60.8. The van der Waals surface area contributed by atoms with Gasteiger partial charge in [-0.3, -0.25) is 45.4 Å². The summed E-state index contributed by atoms with van der Waals surface area (Å²) < 4.78 is 193. The monoisotopic (exact) mass is 1820 g/mol. The van der Waals surface area contributed by atoms with Gasteiger partial charge >= 0.3 is 48.0 Å². The van der Waals surface area contributed by atoms with Crippen LogP contribution in [-0.4, -0.2) is 160 Å². The van der Waals surface area contributed by atoms with Crippen molar-refractivity contribution in [3.8, 4) is 23.1 Å². The van der Waals surface area contributed by atoms with Crippen molar-refractivity contribution in [1.82, 2.24) is 55.5 Å². The summed E-state index contributed by atoms with van der Waals surface area (Å²) in [6.45, 7) is 0.309. The first-order valence-electron chi connectivity index (χ1n) is 40.4. The maximum atomic E-state index is 12.6. The van der Waals surface area contributed by atoms with Crippen LogP contribution in [-0.2, 0) is 26.2 Å². The Labute approximate surface area is 721 Å². The second-order valence-electron chi connectivity index (χ2n) is 30.1. The van der Waals surface area contributed by atoms with E-state index in [4.69, 9.17) is 16.2 Å². The Kier molecular flexibility index (Phi) is 37.0. The van der Waals surface area contributed by atoms with E-state index in [2.05, 4.69) is 107 Å². The standard InChI is InChI=1S/C21H24F6N6O3.C21H25F5N6O3.C19H22F3N5O4.C17H23N7O2/c22-20(23,24)12-31-15-7-5-13(6-8-15)9-28-18-16(33(34)35)11-30-19(32-18)29-10-14-3-1-2-4-17(14)36-21(25,26)27;22-18(23)12-27-15-7-5-13(6-8-15)9-28-19-16(32(33)34)11-30-20(31-19)29-10-14-3-1-2-4-17(14)35-21(24,25)26;20-19(21,22)31-16-4-2-1-3-13(16)9-24-18-25-10-15(27(28)29)17(26-18)30-11-12-5-7-14(23)8-6-12;18-13-6-4-12(5-7-13)9-20-16-15(24(25)26)11-22-17(23-16)21-10-14-3-1-2-8-19-14/h1-4,11,13,15,31H,5-10,12H2,(H2,28,29,30,32);1-4,11,13,15,18,27H,5-10,12H2,(H2,28,29,30,31);1-4,10,12,14H,5-9,11,23H2,(H,24,25,26);1-3,8,11-13H,4-7,9-10,18H2,(H2,20,21,22,23). The lowest BCUT2D eigenvalue weighted by Gasteiger charge is -2.29.